The lowest BCUT2D eigenvalue weighted by Gasteiger charge is -2.15. The first-order valence-corrected chi connectivity index (χ1v) is 7.60. The maximum atomic E-state index is 13.0. The average molecular weight is 327 g/mol. The lowest BCUT2D eigenvalue weighted by Crippen LogP contribution is -2.20. The normalized spacial score (nSPS) is 29.7. The molecule has 0 radical (unpaired) electrons. The molecule has 0 bridgehead atoms. The molecule has 0 amide bonds. The van der Waals surface area contributed by atoms with Crippen molar-refractivity contribution >= 4 is 29.0 Å². The number of benzene rings is 1. The molecule has 0 unspecified atom stereocenters. The zero-order chi connectivity index (χ0) is 16.1. The Hall–Kier alpha value is -0.990. The highest BCUT2D eigenvalue weighted by atomic mass is 35.5. The number of carbonyl (C=O) groups is 1. The lowest BCUT2D eigenvalue weighted by atomic mass is 9.87. The van der Waals surface area contributed by atoms with E-state index < -0.39 is 5.41 Å². The second kappa shape index (κ2) is 5.03. The molecule has 1 fully saturated rings. The van der Waals surface area contributed by atoms with E-state index >= 15 is 0 Å². The van der Waals surface area contributed by atoms with E-state index in [-0.39, 0.29) is 21.1 Å². The topological polar surface area (TPSA) is 26.3 Å². The van der Waals surface area contributed by atoms with Crippen molar-refractivity contribution in [3.05, 3.63) is 40.4 Å². The van der Waals surface area contributed by atoms with Crippen molar-refractivity contribution in [1.29, 1.82) is 0 Å². The summed E-state index contributed by atoms with van der Waals surface area (Å²) >= 11 is 11.7. The predicted octanol–water partition coefficient (Wildman–Crippen LogP) is 5.25. The van der Waals surface area contributed by atoms with Crippen LogP contribution in [0.3, 0.4) is 0 Å². The van der Waals surface area contributed by atoms with E-state index in [1.165, 1.54) is 0 Å². The molecule has 1 aromatic rings. The number of hydrogen-bond acceptors (Lipinski definition) is 2. The lowest BCUT2D eigenvalue weighted by molar-refractivity contribution is 0.0873. The van der Waals surface area contributed by atoms with Crippen molar-refractivity contribution in [3.63, 3.8) is 0 Å². The first-order chi connectivity index (χ1) is 9.61. The van der Waals surface area contributed by atoms with E-state index in [9.17, 15) is 4.79 Å². The van der Waals surface area contributed by atoms with Crippen LogP contribution in [0.4, 0.5) is 0 Å². The molecule has 114 valence electrons. The summed E-state index contributed by atoms with van der Waals surface area (Å²) in [6.07, 6.45) is 1.79. The van der Waals surface area contributed by atoms with E-state index in [0.29, 0.717) is 5.56 Å². The van der Waals surface area contributed by atoms with Crippen LogP contribution in [0, 0.1) is 16.2 Å². The van der Waals surface area contributed by atoms with E-state index in [2.05, 4.69) is 13.8 Å². The Morgan fingerprint density at radius 3 is 2.05 bits per heavy atom. The predicted molar refractivity (Wildman–Crippen MR) is 87.1 cm³/mol. The monoisotopic (exact) mass is 326 g/mol. The van der Waals surface area contributed by atoms with Gasteiger partial charge in [-0.1, -0.05) is 50.9 Å². The Balaban J connectivity index is 2.40. The minimum absolute atomic E-state index is 0.100. The SMILES string of the molecule is COc1ccc(C(=O)[C@@]2(C)C(C)(C)[C@]2(C)C=C(Cl)Cl)cc1. The van der Waals surface area contributed by atoms with Crippen LogP contribution in [0.5, 0.6) is 5.75 Å². The molecule has 1 aliphatic rings. The largest absolute Gasteiger partial charge is 0.497 e. The summed E-state index contributed by atoms with van der Waals surface area (Å²) in [7, 11) is 1.60. The number of carbonyl (C=O) groups excluding carboxylic acids is 1. The van der Waals surface area contributed by atoms with Gasteiger partial charge in [-0.3, -0.25) is 4.79 Å². The zero-order valence-electron chi connectivity index (χ0n) is 13.0. The standard InChI is InChI=1S/C17H20Cl2O2/c1-15(2)16(3,10-13(18)19)17(15,4)14(20)11-6-8-12(21-5)9-7-11/h6-10H,1-5H3/t16-,17-/m0/s1. The molecule has 0 saturated heterocycles. The summed E-state index contributed by atoms with van der Waals surface area (Å²) in [6, 6.07) is 7.20. The van der Waals surface area contributed by atoms with Gasteiger partial charge in [0, 0.05) is 16.4 Å². The Morgan fingerprint density at radius 1 is 1.10 bits per heavy atom. The van der Waals surface area contributed by atoms with Gasteiger partial charge in [-0.05, 0) is 35.8 Å². The number of allylic oxidation sites excluding steroid dienone is 1. The number of methoxy groups -OCH3 is 1. The molecular weight excluding hydrogens is 307 g/mol. The van der Waals surface area contributed by atoms with E-state index in [0.717, 1.165) is 5.75 Å². The molecule has 2 nitrogen and oxygen atoms in total. The van der Waals surface area contributed by atoms with Gasteiger partial charge in [0.2, 0.25) is 0 Å². The first-order valence-electron chi connectivity index (χ1n) is 6.84. The van der Waals surface area contributed by atoms with Crippen LogP contribution in [-0.4, -0.2) is 12.9 Å². The molecule has 0 aromatic heterocycles. The van der Waals surface area contributed by atoms with Crippen LogP contribution in [0.25, 0.3) is 0 Å². The van der Waals surface area contributed by atoms with Crippen LogP contribution >= 0.6 is 23.2 Å². The van der Waals surface area contributed by atoms with Crippen LogP contribution in [0.15, 0.2) is 34.8 Å². The third-order valence-corrected chi connectivity index (χ3v) is 5.95. The van der Waals surface area contributed by atoms with Gasteiger partial charge in [0.25, 0.3) is 0 Å². The Kier molecular flexibility index (Phi) is 3.92. The molecule has 0 spiro atoms. The van der Waals surface area contributed by atoms with Crippen molar-refractivity contribution < 1.29 is 9.53 Å². The number of ketones is 1. The second-order valence-electron chi connectivity index (χ2n) is 6.44. The molecule has 2 atom stereocenters. The van der Waals surface area contributed by atoms with E-state index in [1.54, 1.807) is 37.5 Å². The Labute approximate surface area is 136 Å². The minimum atomic E-state index is -0.538. The van der Waals surface area contributed by atoms with E-state index in [4.69, 9.17) is 27.9 Å². The Morgan fingerprint density at radius 2 is 1.62 bits per heavy atom. The maximum Gasteiger partial charge on any atom is 0.170 e. The number of halogens is 2. The number of hydrogen-bond donors (Lipinski definition) is 0. The summed E-state index contributed by atoms with van der Waals surface area (Å²) in [6.45, 7) is 8.15. The van der Waals surface area contributed by atoms with Gasteiger partial charge in [0.15, 0.2) is 5.78 Å². The molecule has 21 heavy (non-hydrogen) atoms. The number of rotatable bonds is 4. The molecule has 0 heterocycles. The van der Waals surface area contributed by atoms with Crippen molar-refractivity contribution in [3.8, 4) is 5.75 Å². The van der Waals surface area contributed by atoms with Gasteiger partial charge in [0.05, 0.1) is 7.11 Å². The number of ether oxygens (including phenoxy) is 1. The Bertz CT molecular complexity index is 600. The summed E-state index contributed by atoms with van der Waals surface area (Å²) in [5, 5.41) is 0. The smallest absolute Gasteiger partial charge is 0.170 e. The van der Waals surface area contributed by atoms with Crippen molar-refractivity contribution in [1.82, 2.24) is 0 Å². The summed E-state index contributed by atoms with van der Waals surface area (Å²) in [5.41, 5.74) is -0.444. The number of Topliss-reactive ketones (excluding diaryl/α,β-unsaturated/α-hetero) is 1. The molecule has 1 aliphatic carbocycles. The first kappa shape index (κ1) is 16.4. The third-order valence-electron chi connectivity index (χ3n) is 5.73. The minimum Gasteiger partial charge on any atom is -0.497 e. The third kappa shape index (κ3) is 2.11. The zero-order valence-corrected chi connectivity index (χ0v) is 14.5. The molecule has 2 rings (SSSR count). The highest BCUT2D eigenvalue weighted by Crippen LogP contribution is 2.79. The summed E-state index contributed by atoms with van der Waals surface area (Å²) in [5.74, 6) is 0.835. The second-order valence-corrected chi connectivity index (χ2v) is 7.45. The molecule has 1 saturated carbocycles. The van der Waals surface area contributed by atoms with E-state index in [1.807, 2.05) is 13.8 Å². The fraction of sp³-hybridized carbons (Fsp3) is 0.471. The molecule has 4 heteroatoms. The fourth-order valence-corrected chi connectivity index (χ4v) is 3.91. The molecule has 0 aliphatic heterocycles. The van der Waals surface area contributed by atoms with Crippen LogP contribution in [0.1, 0.15) is 38.1 Å². The summed E-state index contributed by atoms with van der Waals surface area (Å²) < 4.78 is 5.33. The van der Waals surface area contributed by atoms with Gasteiger partial charge >= 0.3 is 0 Å². The maximum absolute atomic E-state index is 13.0. The fourth-order valence-electron chi connectivity index (χ4n) is 3.48. The quantitative estimate of drug-likeness (QED) is 0.706. The van der Waals surface area contributed by atoms with Crippen LogP contribution < -0.4 is 4.74 Å². The van der Waals surface area contributed by atoms with Crippen molar-refractivity contribution in [2.75, 3.05) is 7.11 Å². The average Bonchev–Trinajstić information content (AvgIpc) is 2.77. The van der Waals surface area contributed by atoms with Gasteiger partial charge in [-0.15, -0.1) is 0 Å². The van der Waals surface area contributed by atoms with Crippen molar-refractivity contribution in [2.24, 2.45) is 16.2 Å². The van der Waals surface area contributed by atoms with Gasteiger partial charge in [-0.25, -0.2) is 0 Å². The van der Waals surface area contributed by atoms with Gasteiger partial charge in [0.1, 0.15) is 10.2 Å². The molecule has 1 aromatic carbocycles. The van der Waals surface area contributed by atoms with Gasteiger partial charge < -0.3 is 4.74 Å². The molecular formula is C17H20Cl2O2. The van der Waals surface area contributed by atoms with Crippen LogP contribution in [-0.2, 0) is 0 Å². The molecule has 0 N–H and O–H groups in total. The van der Waals surface area contributed by atoms with Crippen molar-refractivity contribution in [2.45, 2.75) is 27.7 Å². The van der Waals surface area contributed by atoms with Crippen LogP contribution in [0.2, 0.25) is 0 Å². The van der Waals surface area contributed by atoms with Gasteiger partial charge in [-0.2, -0.15) is 0 Å². The summed E-state index contributed by atoms with van der Waals surface area (Å²) in [4.78, 5) is 13.0. The highest BCUT2D eigenvalue weighted by molar-refractivity contribution is 6.55. The highest BCUT2D eigenvalue weighted by Gasteiger charge is 2.79.